The molecule has 4 aromatic rings. The van der Waals surface area contributed by atoms with Crippen molar-refractivity contribution in [1.29, 1.82) is 0 Å². The van der Waals surface area contributed by atoms with Gasteiger partial charge in [0, 0.05) is 11.1 Å². The number of methoxy groups -OCH3 is 3. The van der Waals surface area contributed by atoms with Crippen LogP contribution in [0.25, 0.3) is 33.5 Å². The first-order valence-electron chi connectivity index (χ1n) is 9.32. The molecule has 0 N–H and O–H groups in total. The zero-order valence-corrected chi connectivity index (χ0v) is 16.9. The monoisotopic (exact) mass is 400 g/mol. The predicted molar refractivity (Wildman–Crippen MR) is 115 cm³/mol. The molecule has 4 rings (SSSR count). The van der Waals surface area contributed by atoms with Crippen LogP contribution in [-0.2, 0) is 4.74 Å². The first-order valence-corrected chi connectivity index (χ1v) is 9.32. The van der Waals surface area contributed by atoms with Crippen LogP contribution in [0.3, 0.4) is 0 Å². The molecule has 0 bridgehead atoms. The summed E-state index contributed by atoms with van der Waals surface area (Å²) < 4.78 is 15.4. The van der Waals surface area contributed by atoms with Crippen molar-refractivity contribution in [1.82, 2.24) is 9.97 Å². The summed E-state index contributed by atoms with van der Waals surface area (Å²) in [4.78, 5) is 21.6. The lowest BCUT2D eigenvalue weighted by Gasteiger charge is -2.12. The van der Waals surface area contributed by atoms with Crippen molar-refractivity contribution < 1.29 is 19.0 Å². The third kappa shape index (κ3) is 3.67. The van der Waals surface area contributed by atoms with Gasteiger partial charge in [-0.05, 0) is 66.7 Å². The Hall–Kier alpha value is -3.93. The summed E-state index contributed by atoms with van der Waals surface area (Å²) in [5, 5.41) is 0. The van der Waals surface area contributed by atoms with Gasteiger partial charge in [-0.3, -0.25) is 0 Å². The van der Waals surface area contributed by atoms with Gasteiger partial charge in [0.2, 0.25) is 0 Å². The molecule has 0 spiro atoms. The fraction of sp³-hybridized carbons (Fsp3) is 0.125. The quantitative estimate of drug-likeness (QED) is 0.450. The normalized spacial score (nSPS) is 10.6. The zero-order valence-electron chi connectivity index (χ0n) is 16.9. The molecule has 1 heterocycles. The number of nitrogens with zero attached hydrogens (tertiary/aromatic N) is 2. The van der Waals surface area contributed by atoms with E-state index in [-0.39, 0.29) is 0 Å². The number of esters is 1. The van der Waals surface area contributed by atoms with Crippen LogP contribution >= 0.6 is 0 Å². The average molecular weight is 400 g/mol. The van der Waals surface area contributed by atoms with Crippen molar-refractivity contribution >= 4 is 17.0 Å². The minimum absolute atomic E-state index is 0.413. The SMILES string of the molecule is COC(=O)c1ccc2nc(-c3ccc(OC)cc3)c(-c3ccc(OC)cc3)nc2c1. The smallest absolute Gasteiger partial charge is 0.337 e. The molecular formula is C24H20N2O4. The van der Waals surface area contributed by atoms with Crippen LogP contribution in [0.4, 0.5) is 0 Å². The molecule has 0 saturated heterocycles. The minimum atomic E-state index is -0.413. The third-order valence-electron chi connectivity index (χ3n) is 4.81. The van der Waals surface area contributed by atoms with Gasteiger partial charge in [-0.2, -0.15) is 0 Å². The molecule has 6 nitrogen and oxygen atoms in total. The standard InChI is InChI=1S/C24H20N2O4/c1-28-18-9-4-15(5-10-18)22-23(16-6-11-19(29-2)12-7-16)26-21-14-17(24(27)30-3)8-13-20(21)25-22/h4-14H,1-3H3. The van der Waals surface area contributed by atoms with Crippen molar-refractivity contribution in [3.05, 3.63) is 72.3 Å². The lowest BCUT2D eigenvalue weighted by Crippen LogP contribution is -2.02. The Morgan fingerprint density at radius 3 is 1.63 bits per heavy atom. The maximum atomic E-state index is 11.9. The highest BCUT2D eigenvalue weighted by Crippen LogP contribution is 2.33. The minimum Gasteiger partial charge on any atom is -0.497 e. The fourth-order valence-corrected chi connectivity index (χ4v) is 3.20. The molecule has 0 unspecified atom stereocenters. The van der Waals surface area contributed by atoms with E-state index in [9.17, 15) is 4.79 Å². The van der Waals surface area contributed by atoms with Crippen LogP contribution in [0.15, 0.2) is 66.7 Å². The zero-order chi connectivity index (χ0) is 21.1. The highest BCUT2D eigenvalue weighted by Gasteiger charge is 2.15. The Balaban J connectivity index is 1.93. The van der Waals surface area contributed by atoms with Gasteiger partial charge < -0.3 is 14.2 Å². The molecule has 150 valence electrons. The van der Waals surface area contributed by atoms with Crippen LogP contribution in [0, 0.1) is 0 Å². The summed E-state index contributed by atoms with van der Waals surface area (Å²) in [6.07, 6.45) is 0. The fourth-order valence-electron chi connectivity index (χ4n) is 3.20. The van der Waals surface area contributed by atoms with Crippen molar-refractivity contribution in [3.8, 4) is 34.0 Å². The topological polar surface area (TPSA) is 70.5 Å². The Morgan fingerprint density at radius 2 is 1.17 bits per heavy atom. The van der Waals surface area contributed by atoms with E-state index < -0.39 is 5.97 Å². The molecule has 0 saturated carbocycles. The second-order valence-corrected chi connectivity index (χ2v) is 6.57. The van der Waals surface area contributed by atoms with Crippen molar-refractivity contribution in [2.75, 3.05) is 21.3 Å². The number of hydrogen-bond donors (Lipinski definition) is 0. The van der Waals surface area contributed by atoms with E-state index in [0.29, 0.717) is 22.3 Å². The van der Waals surface area contributed by atoms with Gasteiger partial charge in [-0.25, -0.2) is 14.8 Å². The van der Waals surface area contributed by atoms with Crippen LogP contribution in [0.5, 0.6) is 11.5 Å². The molecule has 0 fully saturated rings. The lowest BCUT2D eigenvalue weighted by atomic mass is 10.0. The molecule has 3 aromatic carbocycles. The van der Waals surface area contributed by atoms with Crippen LogP contribution in [-0.4, -0.2) is 37.3 Å². The van der Waals surface area contributed by atoms with Crippen molar-refractivity contribution in [2.45, 2.75) is 0 Å². The van der Waals surface area contributed by atoms with E-state index in [0.717, 1.165) is 28.3 Å². The molecule has 0 aliphatic carbocycles. The average Bonchev–Trinajstić information content (AvgIpc) is 2.82. The summed E-state index contributed by atoms with van der Waals surface area (Å²) in [6.45, 7) is 0. The van der Waals surface area contributed by atoms with Gasteiger partial charge in [-0.1, -0.05) is 0 Å². The number of hydrogen-bond acceptors (Lipinski definition) is 6. The number of rotatable bonds is 5. The number of aromatic nitrogens is 2. The molecule has 30 heavy (non-hydrogen) atoms. The van der Waals surface area contributed by atoms with Crippen LogP contribution in [0.1, 0.15) is 10.4 Å². The first-order chi connectivity index (χ1) is 14.6. The van der Waals surface area contributed by atoms with Crippen molar-refractivity contribution in [3.63, 3.8) is 0 Å². The Bertz CT molecular complexity index is 1200. The van der Waals surface area contributed by atoms with E-state index >= 15 is 0 Å². The Morgan fingerprint density at radius 1 is 0.667 bits per heavy atom. The van der Waals surface area contributed by atoms with Gasteiger partial charge >= 0.3 is 5.97 Å². The van der Waals surface area contributed by atoms with E-state index in [4.69, 9.17) is 24.2 Å². The third-order valence-corrected chi connectivity index (χ3v) is 4.81. The summed E-state index contributed by atoms with van der Waals surface area (Å²) >= 11 is 0. The molecule has 0 amide bonds. The van der Waals surface area contributed by atoms with Gasteiger partial charge in [0.15, 0.2) is 0 Å². The number of carbonyl (C=O) groups excluding carboxylic acids is 1. The Labute approximate surface area is 174 Å². The molecule has 0 aliphatic rings. The van der Waals surface area contributed by atoms with E-state index in [1.807, 2.05) is 48.5 Å². The number of benzene rings is 3. The second-order valence-electron chi connectivity index (χ2n) is 6.57. The highest BCUT2D eigenvalue weighted by atomic mass is 16.5. The number of fused-ring (bicyclic) bond motifs is 1. The summed E-state index contributed by atoms with van der Waals surface area (Å²) in [5.41, 5.74) is 4.97. The number of carbonyl (C=O) groups is 1. The highest BCUT2D eigenvalue weighted by molar-refractivity contribution is 5.95. The van der Waals surface area contributed by atoms with Gasteiger partial charge in [0.05, 0.1) is 49.3 Å². The number of ether oxygens (including phenoxy) is 3. The van der Waals surface area contributed by atoms with Crippen molar-refractivity contribution in [2.24, 2.45) is 0 Å². The van der Waals surface area contributed by atoms with Gasteiger partial charge in [0.25, 0.3) is 0 Å². The Kier molecular flexibility index (Phi) is 5.30. The summed E-state index contributed by atoms with van der Waals surface area (Å²) in [6, 6.07) is 20.5. The lowest BCUT2D eigenvalue weighted by molar-refractivity contribution is 0.0601. The largest absolute Gasteiger partial charge is 0.497 e. The molecule has 0 atom stereocenters. The maximum Gasteiger partial charge on any atom is 0.337 e. The van der Waals surface area contributed by atoms with Crippen LogP contribution in [0.2, 0.25) is 0 Å². The molecular weight excluding hydrogens is 380 g/mol. The van der Waals surface area contributed by atoms with E-state index in [2.05, 4.69) is 0 Å². The van der Waals surface area contributed by atoms with Gasteiger partial charge in [0.1, 0.15) is 11.5 Å². The molecule has 6 heteroatoms. The second kappa shape index (κ2) is 8.21. The predicted octanol–water partition coefficient (Wildman–Crippen LogP) is 4.77. The maximum absolute atomic E-state index is 11.9. The molecule has 0 aliphatic heterocycles. The van der Waals surface area contributed by atoms with Gasteiger partial charge in [-0.15, -0.1) is 0 Å². The summed E-state index contributed by atoms with van der Waals surface area (Å²) in [5.74, 6) is 1.11. The van der Waals surface area contributed by atoms with E-state index in [1.54, 1.807) is 32.4 Å². The summed E-state index contributed by atoms with van der Waals surface area (Å²) in [7, 11) is 4.61. The molecule has 1 aromatic heterocycles. The first kappa shape index (κ1) is 19.4. The van der Waals surface area contributed by atoms with Crippen LogP contribution < -0.4 is 9.47 Å². The van der Waals surface area contributed by atoms with E-state index in [1.165, 1.54) is 7.11 Å². The molecule has 0 radical (unpaired) electrons.